The van der Waals surface area contributed by atoms with Gasteiger partial charge in [0.15, 0.2) is 0 Å². The lowest BCUT2D eigenvalue weighted by atomic mass is 10.2. The third-order valence-corrected chi connectivity index (χ3v) is 3.74. The van der Waals surface area contributed by atoms with Crippen LogP contribution < -0.4 is 11.1 Å². The number of hydrogen-bond acceptors (Lipinski definition) is 3. The third kappa shape index (κ3) is 3.23. The molecule has 0 heterocycles. The van der Waals surface area contributed by atoms with Gasteiger partial charge in [-0.3, -0.25) is 4.79 Å². The van der Waals surface area contributed by atoms with Crippen LogP contribution in [0.25, 0.3) is 0 Å². The van der Waals surface area contributed by atoms with E-state index >= 15 is 0 Å². The first-order valence-electron chi connectivity index (χ1n) is 5.87. The Balaban J connectivity index is 1.96. The van der Waals surface area contributed by atoms with Crippen LogP contribution in [0.15, 0.2) is 29.2 Å². The van der Waals surface area contributed by atoms with Crippen molar-refractivity contribution in [3.8, 4) is 0 Å². The zero-order valence-electron chi connectivity index (χ0n) is 10.2. The monoisotopic (exact) mass is 250 g/mol. The second-order valence-corrected chi connectivity index (χ2v) is 6.45. The molecule has 1 aliphatic carbocycles. The number of nitrogens with one attached hydrogen (secondary N) is 1. The molecular formula is C13H18N2OS. The zero-order chi connectivity index (χ0) is 12.5. The molecular weight excluding hydrogens is 232 g/mol. The number of nitrogens with two attached hydrogens (primary N) is 1. The Bertz CT molecular complexity index is 410. The van der Waals surface area contributed by atoms with Gasteiger partial charge >= 0.3 is 0 Å². The lowest BCUT2D eigenvalue weighted by molar-refractivity contribution is -0.118. The maximum absolute atomic E-state index is 11.7. The fraction of sp³-hybridized carbons (Fsp3) is 0.462. The molecule has 0 aromatic heterocycles. The van der Waals surface area contributed by atoms with E-state index in [2.05, 4.69) is 19.2 Å². The van der Waals surface area contributed by atoms with Crippen molar-refractivity contribution in [2.45, 2.75) is 42.4 Å². The zero-order valence-corrected chi connectivity index (χ0v) is 11.0. The van der Waals surface area contributed by atoms with E-state index in [1.165, 1.54) is 4.90 Å². The van der Waals surface area contributed by atoms with E-state index in [4.69, 9.17) is 5.73 Å². The van der Waals surface area contributed by atoms with Gasteiger partial charge in [-0.05, 0) is 37.1 Å². The van der Waals surface area contributed by atoms with Crippen molar-refractivity contribution in [3.05, 3.63) is 24.3 Å². The van der Waals surface area contributed by atoms with Crippen LogP contribution in [-0.4, -0.2) is 16.7 Å². The number of anilines is 1. The minimum atomic E-state index is -0.606. The Hall–Kier alpha value is -1.00. The number of carbonyl (C=O) groups excluding carboxylic acids is 1. The molecule has 1 fully saturated rings. The maximum atomic E-state index is 11.7. The number of rotatable bonds is 4. The van der Waals surface area contributed by atoms with Gasteiger partial charge in [0.25, 0.3) is 0 Å². The van der Waals surface area contributed by atoms with E-state index in [-0.39, 0.29) is 5.91 Å². The number of benzene rings is 1. The first-order valence-corrected chi connectivity index (χ1v) is 6.75. The maximum Gasteiger partial charge on any atom is 0.244 e. The normalized spacial score (nSPS) is 16.9. The molecule has 0 saturated heterocycles. The summed E-state index contributed by atoms with van der Waals surface area (Å²) in [7, 11) is 0. The van der Waals surface area contributed by atoms with Gasteiger partial charge in [0.1, 0.15) is 0 Å². The molecule has 0 spiro atoms. The fourth-order valence-corrected chi connectivity index (χ4v) is 2.34. The Morgan fingerprint density at radius 1 is 1.35 bits per heavy atom. The molecule has 4 heteroatoms. The highest BCUT2D eigenvalue weighted by Crippen LogP contribution is 2.33. The number of thioether (sulfide) groups is 1. The fourth-order valence-electron chi connectivity index (χ4n) is 1.51. The van der Waals surface area contributed by atoms with Crippen LogP contribution in [0, 0.1) is 0 Å². The van der Waals surface area contributed by atoms with Crippen LogP contribution >= 0.6 is 11.8 Å². The summed E-state index contributed by atoms with van der Waals surface area (Å²) in [6.07, 6.45) is 1.58. The van der Waals surface area contributed by atoms with E-state index in [1.54, 1.807) is 11.8 Å². The molecule has 17 heavy (non-hydrogen) atoms. The van der Waals surface area contributed by atoms with E-state index in [0.29, 0.717) is 5.25 Å². The third-order valence-electron chi connectivity index (χ3n) is 2.72. The summed E-state index contributed by atoms with van der Waals surface area (Å²) in [6.45, 7) is 4.32. The largest absolute Gasteiger partial charge is 0.324 e. The van der Waals surface area contributed by atoms with Gasteiger partial charge in [-0.25, -0.2) is 0 Å². The summed E-state index contributed by atoms with van der Waals surface area (Å²) in [5.74, 6) is -0.0678. The van der Waals surface area contributed by atoms with Gasteiger partial charge < -0.3 is 11.1 Å². The predicted molar refractivity (Wildman–Crippen MR) is 72.2 cm³/mol. The molecule has 0 aliphatic heterocycles. The number of amides is 1. The molecule has 3 N–H and O–H groups in total. The van der Waals surface area contributed by atoms with Crippen LogP contribution in [0.2, 0.25) is 0 Å². The van der Waals surface area contributed by atoms with Crippen molar-refractivity contribution in [1.29, 1.82) is 0 Å². The van der Waals surface area contributed by atoms with Crippen LogP contribution in [-0.2, 0) is 4.79 Å². The van der Waals surface area contributed by atoms with Crippen LogP contribution in [0.4, 0.5) is 5.69 Å². The lowest BCUT2D eigenvalue weighted by Crippen LogP contribution is -2.37. The van der Waals surface area contributed by atoms with Crippen LogP contribution in [0.1, 0.15) is 26.7 Å². The highest BCUT2D eigenvalue weighted by atomic mass is 32.2. The second-order valence-electron chi connectivity index (χ2n) is 4.80. The Kier molecular flexibility index (Phi) is 3.45. The minimum Gasteiger partial charge on any atom is -0.324 e. The average Bonchev–Trinajstić information content (AvgIpc) is 3.00. The van der Waals surface area contributed by atoms with Crippen molar-refractivity contribution in [2.24, 2.45) is 5.73 Å². The predicted octanol–water partition coefficient (Wildman–Crippen LogP) is 2.62. The number of hydrogen-bond donors (Lipinski definition) is 2. The van der Waals surface area contributed by atoms with E-state index in [0.717, 1.165) is 18.5 Å². The molecule has 2 rings (SSSR count). The van der Waals surface area contributed by atoms with Crippen molar-refractivity contribution in [3.63, 3.8) is 0 Å². The average molecular weight is 250 g/mol. The molecule has 1 aromatic rings. The Morgan fingerprint density at radius 3 is 2.41 bits per heavy atom. The van der Waals surface area contributed by atoms with Crippen LogP contribution in [0.5, 0.6) is 0 Å². The second kappa shape index (κ2) is 4.70. The van der Waals surface area contributed by atoms with Gasteiger partial charge in [0, 0.05) is 15.8 Å². The topological polar surface area (TPSA) is 55.1 Å². The standard InChI is InChI=1S/C13H18N2OS/c1-9(2)17-11-5-3-10(4-6-11)15-12(16)13(14)7-8-13/h3-6,9H,7-8,14H2,1-2H3,(H,15,16). The molecule has 0 unspecified atom stereocenters. The van der Waals surface area contributed by atoms with Crippen molar-refractivity contribution in [1.82, 2.24) is 0 Å². The summed E-state index contributed by atoms with van der Waals surface area (Å²) in [6, 6.07) is 7.90. The Morgan fingerprint density at radius 2 is 1.94 bits per heavy atom. The SMILES string of the molecule is CC(C)Sc1ccc(NC(=O)C2(N)CC2)cc1. The summed E-state index contributed by atoms with van der Waals surface area (Å²) in [5, 5.41) is 3.42. The molecule has 1 amide bonds. The summed E-state index contributed by atoms with van der Waals surface area (Å²) in [4.78, 5) is 12.9. The highest BCUT2D eigenvalue weighted by molar-refractivity contribution is 7.99. The van der Waals surface area contributed by atoms with Crippen molar-refractivity contribution < 1.29 is 4.79 Å². The van der Waals surface area contributed by atoms with E-state index < -0.39 is 5.54 Å². The van der Waals surface area contributed by atoms with Gasteiger partial charge in [0.2, 0.25) is 5.91 Å². The minimum absolute atomic E-state index is 0.0678. The molecule has 0 atom stereocenters. The summed E-state index contributed by atoms with van der Waals surface area (Å²) in [5.41, 5.74) is 6.03. The van der Waals surface area contributed by atoms with E-state index in [9.17, 15) is 4.79 Å². The van der Waals surface area contributed by atoms with Gasteiger partial charge in [-0.1, -0.05) is 13.8 Å². The molecule has 1 aliphatic rings. The smallest absolute Gasteiger partial charge is 0.244 e. The number of carbonyl (C=O) groups is 1. The van der Waals surface area contributed by atoms with Crippen molar-refractivity contribution >= 4 is 23.4 Å². The quantitative estimate of drug-likeness (QED) is 0.808. The van der Waals surface area contributed by atoms with Crippen LogP contribution in [0.3, 0.4) is 0 Å². The van der Waals surface area contributed by atoms with E-state index in [1.807, 2.05) is 24.3 Å². The highest BCUT2D eigenvalue weighted by Gasteiger charge is 2.45. The molecule has 0 radical (unpaired) electrons. The van der Waals surface area contributed by atoms with Gasteiger partial charge in [-0.2, -0.15) is 0 Å². The Labute approximate surface area is 106 Å². The molecule has 1 saturated carbocycles. The molecule has 3 nitrogen and oxygen atoms in total. The first kappa shape index (κ1) is 12.5. The summed E-state index contributed by atoms with van der Waals surface area (Å²) < 4.78 is 0. The molecule has 0 bridgehead atoms. The van der Waals surface area contributed by atoms with Gasteiger partial charge in [0.05, 0.1) is 5.54 Å². The summed E-state index contributed by atoms with van der Waals surface area (Å²) >= 11 is 1.81. The van der Waals surface area contributed by atoms with Crippen molar-refractivity contribution in [2.75, 3.05) is 5.32 Å². The molecule has 92 valence electrons. The molecule has 1 aromatic carbocycles. The lowest BCUT2D eigenvalue weighted by Gasteiger charge is -2.11. The first-order chi connectivity index (χ1) is 7.99. The van der Waals surface area contributed by atoms with Gasteiger partial charge in [-0.15, -0.1) is 11.8 Å².